The number of halogens is 2. The summed E-state index contributed by atoms with van der Waals surface area (Å²) in [6.07, 6.45) is 8.50. The Morgan fingerprint density at radius 2 is 1.78 bits per heavy atom. The number of hydrogen-bond acceptors (Lipinski definition) is 0. The van der Waals surface area contributed by atoms with Crippen molar-refractivity contribution in [3.8, 4) is 0 Å². The van der Waals surface area contributed by atoms with E-state index in [1.165, 1.54) is 23.7 Å². The molecule has 0 unspecified atom stereocenters. The molecule has 0 saturated heterocycles. The monoisotopic (exact) mass is 350 g/mol. The van der Waals surface area contributed by atoms with Crippen molar-refractivity contribution in [1.82, 2.24) is 0 Å². The van der Waals surface area contributed by atoms with Gasteiger partial charge in [-0.25, -0.2) is 0 Å². The van der Waals surface area contributed by atoms with Gasteiger partial charge in [0.15, 0.2) is 0 Å². The Morgan fingerprint density at radius 3 is 2.33 bits per heavy atom. The Balaban J connectivity index is 2.82. The van der Waals surface area contributed by atoms with Crippen LogP contribution < -0.4 is 0 Å². The third-order valence-electron chi connectivity index (χ3n) is 1.01. The molecule has 0 amide bonds. The van der Waals surface area contributed by atoms with Crippen LogP contribution >= 0.6 is 45.2 Å². The topological polar surface area (TPSA) is 0 Å². The molecule has 0 rings (SSSR count). The molecule has 0 saturated carbocycles. The second-order valence-electron chi connectivity index (χ2n) is 1.81. The van der Waals surface area contributed by atoms with Crippen LogP contribution in [0.4, 0.5) is 0 Å². The third-order valence-corrected chi connectivity index (χ3v) is 2.28. The second kappa shape index (κ2) is 9.20. The fraction of sp³-hybridized carbons (Fsp3) is 0.714. The van der Waals surface area contributed by atoms with E-state index >= 15 is 0 Å². The lowest BCUT2D eigenvalue weighted by atomic mass is 10.2. The van der Waals surface area contributed by atoms with Gasteiger partial charge in [0, 0.05) is 4.43 Å². The van der Waals surface area contributed by atoms with Gasteiger partial charge in [-0.3, -0.25) is 0 Å². The van der Waals surface area contributed by atoms with E-state index in [2.05, 4.69) is 57.3 Å². The van der Waals surface area contributed by atoms with E-state index in [-0.39, 0.29) is 0 Å². The molecule has 0 radical (unpaired) electrons. The molecule has 54 valence electrons. The van der Waals surface area contributed by atoms with Crippen LogP contribution in [0.15, 0.2) is 12.2 Å². The van der Waals surface area contributed by atoms with Gasteiger partial charge in [0.2, 0.25) is 0 Å². The SMILES string of the molecule is ICC=CCCCCI. The van der Waals surface area contributed by atoms with Crippen molar-refractivity contribution in [3.05, 3.63) is 12.2 Å². The van der Waals surface area contributed by atoms with Crippen molar-refractivity contribution < 1.29 is 0 Å². The van der Waals surface area contributed by atoms with Gasteiger partial charge in [-0.1, -0.05) is 57.3 Å². The van der Waals surface area contributed by atoms with Crippen molar-refractivity contribution in [2.45, 2.75) is 19.3 Å². The largest absolute Gasteiger partial charge is 0.0878 e. The lowest BCUT2D eigenvalue weighted by Crippen LogP contribution is -1.73. The van der Waals surface area contributed by atoms with Gasteiger partial charge >= 0.3 is 0 Å². The summed E-state index contributed by atoms with van der Waals surface area (Å²) >= 11 is 4.78. The van der Waals surface area contributed by atoms with E-state index in [9.17, 15) is 0 Å². The molecule has 0 spiro atoms. The van der Waals surface area contributed by atoms with E-state index in [0.717, 1.165) is 4.43 Å². The molecule has 2 heteroatoms. The van der Waals surface area contributed by atoms with Crippen LogP contribution in [0, 0.1) is 0 Å². The van der Waals surface area contributed by atoms with Crippen LogP contribution in [0.2, 0.25) is 0 Å². The van der Waals surface area contributed by atoms with Gasteiger partial charge in [0.05, 0.1) is 0 Å². The summed E-state index contributed by atoms with van der Waals surface area (Å²) in [6.45, 7) is 0. The van der Waals surface area contributed by atoms with Gasteiger partial charge in [-0.05, 0) is 23.7 Å². The standard InChI is InChI=1S/C7H12I2/c8-6-4-2-1-3-5-7-9/h2,4H,1,3,5-7H2. The van der Waals surface area contributed by atoms with Gasteiger partial charge in [0.25, 0.3) is 0 Å². The van der Waals surface area contributed by atoms with Crippen molar-refractivity contribution in [2.24, 2.45) is 0 Å². The number of allylic oxidation sites excluding steroid dienone is 2. The Hall–Kier alpha value is 1.20. The van der Waals surface area contributed by atoms with E-state index < -0.39 is 0 Å². The van der Waals surface area contributed by atoms with Crippen molar-refractivity contribution >= 4 is 45.2 Å². The summed E-state index contributed by atoms with van der Waals surface area (Å²) in [5.74, 6) is 0. The predicted octanol–water partition coefficient (Wildman–Crippen LogP) is 3.58. The van der Waals surface area contributed by atoms with Crippen LogP contribution in [0.1, 0.15) is 19.3 Å². The first-order valence-corrected chi connectivity index (χ1v) is 6.24. The molecule has 0 heterocycles. The maximum absolute atomic E-state index is 2.42. The zero-order chi connectivity index (χ0) is 6.95. The summed E-state index contributed by atoms with van der Waals surface area (Å²) in [4.78, 5) is 0. The molecule has 0 aliphatic heterocycles. The molecule has 0 atom stereocenters. The van der Waals surface area contributed by atoms with Gasteiger partial charge < -0.3 is 0 Å². The van der Waals surface area contributed by atoms with Crippen LogP contribution in [-0.4, -0.2) is 8.86 Å². The number of rotatable bonds is 5. The van der Waals surface area contributed by atoms with E-state index in [1.54, 1.807) is 0 Å². The second-order valence-corrected chi connectivity index (χ2v) is 3.77. The highest BCUT2D eigenvalue weighted by atomic mass is 127. The van der Waals surface area contributed by atoms with E-state index in [4.69, 9.17) is 0 Å². The molecule has 0 aromatic carbocycles. The number of unbranched alkanes of at least 4 members (excludes halogenated alkanes) is 2. The van der Waals surface area contributed by atoms with E-state index in [1.807, 2.05) is 0 Å². The molecule has 0 bridgehead atoms. The molecule has 9 heavy (non-hydrogen) atoms. The molecule has 0 aromatic rings. The van der Waals surface area contributed by atoms with Gasteiger partial charge in [0.1, 0.15) is 0 Å². The minimum absolute atomic E-state index is 1.15. The maximum atomic E-state index is 2.42. The van der Waals surface area contributed by atoms with Crippen molar-refractivity contribution in [1.29, 1.82) is 0 Å². The number of alkyl halides is 2. The fourth-order valence-corrected chi connectivity index (χ4v) is 1.44. The van der Waals surface area contributed by atoms with Gasteiger partial charge in [-0.15, -0.1) is 0 Å². The number of hydrogen-bond donors (Lipinski definition) is 0. The summed E-state index contributed by atoms with van der Waals surface area (Å²) in [6, 6.07) is 0. The normalized spacial score (nSPS) is 10.9. The molecule has 0 aliphatic carbocycles. The minimum atomic E-state index is 1.15. The fourth-order valence-electron chi connectivity index (χ4n) is 0.538. The summed E-state index contributed by atoms with van der Waals surface area (Å²) in [5.41, 5.74) is 0. The predicted molar refractivity (Wildman–Crippen MR) is 60.8 cm³/mol. The zero-order valence-electron chi connectivity index (χ0n) is 5.45. The van der Waals surface area contributed by atoms with Gasteiger partial charge in [-0.2, -0.15) is 0 Å². The smallest absolute Gasteiger partial charge is 0.0175 e. The Labute approximate surface area is 84.8 Å². The summed E-state index contributed by atoms with van der Waals surface area (Å²) < 4.78 is 2.46. The van der Waals surface area contributed by atoms with Crippen molar-refractivity contribution in [2.75, 3.05) is 8.86 Å². The average Bonchev–Trinajstić information content (AvgIpc) is 1.89. The first-order valence-electron chi connectivity index (χ1n) is 3.18. The summed E-state index contributed by atoms with van der Waals surface area (Å²) in [5, 5.41) is 0. The zero-order valence-corrected chi connectivity index (χ0v) is 9.76. The highest BCUT2D eigenvalue weighted by Crippen LogP contribution is 1.99. The van der Waals surface area contributed by atoms with Crippen LogP contribution in [0.5, 0.6) is 0 Å². The molecule has 0 aromatic heterocycles. The quantitative estimate of drug-likeness (QED) is 0.308. The highest BCUT2D eigenvalue weighted by molar-refractivity contribution is 14.1. The first kappa shape index (κ1) is 10.2. The lowest BCUT2D eigenvalue weighted by molar-refractivity contribution is 0.830. The molecular weight excluding hydrogens is 338 g/mol. The minimum Gasteiger partial charge on any atom is -0.0878 e. The Bertz CT molecular complexity index is 69.3. The average molecular weight is 350 g/mol. The Morgan fingerprint density at radius 1 is 1.00 bits per heavy atom. The Kier molecular flexibility index (Phi) is 10.4. The molecule has 0 nitrogen and oxygen atoms in total. The molecule has 0 N–H and O–H groups in total. The van der Waals surface area contributed by atoms with Crippen molar-refractivity contribution in [3.63, 3.8) is 0 Å². The highest BCUT2D eigenvalue weighted by Gasteiger charge is 1.80. The molecule has 0 aliphatic rings. The molecule has 0 fully saturated rings. The maximum Gasteiger partial charge on any atom is 0.0175 e. The molecular formula is C7H12I2. The lowest BCUT2D eigenvalue weighted by Gasteiger charge is -1.88. The van der Waals surface area contributed by atoms with Crippen LogP contribution in [-0.2, 0) is 0 Å². The van der Waals surface area contributed by atoms with E-state index in [0.29, 0.717) is 0 Å². The van der Waals surface area contributed by atoms with Crippen LogP contribution in [0.25, 0.3) is 0 Å². The van der Waals surface area contributed by atoms with Crippen LogP contribution in [0.3, 0.4) is 0 Å². The summed E-state index contributed by atoms with van der Waals surface area (Å²) in [7, 11) is 0. The third kappa shape index (κ3) is 9.20. The first-order chi connectivity index (χ1) is 4.41.